The number of likely N-dealkylation sites (tertiary alicyclic amines) is 1. The van der Waals surface area contributed by atoms with Crippen molar-refractivity contribution in [1.82, 2.24) is 30.8 Å². The number of tetrazole rings is 1. The Hall–Kier alpha value is -2.22. The summed E-state index contributed by atoms with van der Waals surface area (Å²) in [6.45, 7) is 5.93. The zero-order valence-corrected chi connectivity index (χ0v) is 14.5. The van der Waals surface area contributed by atoms with Crippen LogP contribution in [0.15, 0.2) is 30.3 Å². The maximum absolute atomic E-state index is 12.4. The third-order valence-corrected chi connectivity index (χ3v) is 7.40. The number of nitrogens with one attached hydrogen (secondary N) is 2. The molecular formula is C15H22N6OSi. The number of rotatable bonds is 4. The number of benzene rings is 1. The summed E-state index contributed by atoms with van der Waals surface area (Å²) in [5, 5.41) is 18.6. The lowest BCUT2D eigenvalue weighted by Gasteiger charge is -2.25. The number of carbonyl (C=O) groups excluding carboxylic acids is 1. The van der Waals surface area contributed by atoms with Crippen LogP contribution in [0.3, 0.4) is 0 Å². The predicted molar refractivity (Wildman–Crippen MR) is 90.1 cm³/mol. The highest BCUT2D eigenvalue weighted by Crippen LogP contribution is 2.23. The van der Waals surface area contributed by atoms with Gasteiger partial charge in [-0.15, -0.1) is 10.2 Å². The summed E-state index contributed by atoms with van der Waals surface area (Å²) in [5.74, 6) is 0.873. The average molecular weight is 330 g/mol. The molecule has 8 heteroatoms. The molecule has 3 rings (SSSR count). The van der Waals surface area contributed by atoms with E-state index in [0.717, 1.165) is 19.1 Å². The summed E-state index contributed by atoms with van der Waals surface area (Å²) >= 11 is 0. The zero-order chi connectivity index (χ0) is 16.3. The normalized spacial score (nSPS) is 18.2. The fourth-order valence-corrected chi connectivity index (χ4v) is 4.79. The van der Waals surface area contributed by atoms with E-state index in [0.29, 0.717) is 12.4 Å². The third kappa shape index (κ3) is 3.58. The number of amides is 2. The number of urea groups is 1. The van der Waals surface area contributed by atoms with Crippen molar-refractivity contribution in [3.05, 3.63) is 36.2 Å². The van der Waals surface area contributed by atoms with Gasteiger partial charge in [0.1, 0.15) is 8.07 Å². The van der Waals surface area contributed by atoms with Crippen LogP contribution in [-0.4, -0.2) is 58.9 Å². The first kappa shape index (κ1) is 15.7. The van der Waals surface area contributed by atoms with Crippen LogP contribution in [0.1, 0.15) is 18.2 Å². The number of nitrogens with zero attached hydrogens (tertiary/aromatic N) is 4. The molecule has 23 heavy (non-hydrogen) atoms. The summed E-state index contributed by atoms with van der Waals surface area (Å²) in [6, 6.07) is 10.5. The van der Waals surface area contributed by atoms with E-state index in [-0.39, 0.29) is 11.9 Å². The summed E-state index contributed by atoms with van der Waals surface area (Å²) in [4.78, 5) is 14.3. The number of aromatic amines is 1. The van der Waals surface area contributed by atoms with Gasteiger partial charge in [0.05, 0.1) is 0 Å². The maximum Gasteiger partial charge on any atom is 0.317 e. The summed E-state index contributed by atoms with van der Waals surface area (Å²) in [7, 11) is -1.66. The third-order valence-electron chi connectivity index (χ3n) is 4.44. The lowest BCUT2D eigenvalue weighted by Crippen LogP contribution is -2.53. The van der Waals surface area contributed by atoms with Gasteiger partial charge in [0, 0.05) is 25.2 Å². The number of H-pyrrole nitrogens is 1. The molecule has 2 aromatic rings. The molecule has 1 aliphatic rings. The topological polar surface area (TPSA) is 86.8 Å². The standard InChI is InChI=1S/C15H22N6OSi/c1-23(2,13-6-4-3-5-7-13)11-16-15(22)21-9-8-12(10-21)14-17-19-20-18-14/h3-7,12H,8-11H2,1-2H3,(H,16,22)(H,17,18,19,20). The van der Waals surface area contributed by atoms with Gasteiger partial charge in [-0.3, -0.25) is 0 Å². The predicted octanol–water partition coefficient (Wildman–Crippen LogP) is 0.853. The highest BCUT2D eigenvalue weighted by Gasteiger charge is 2.31. The molecule has 122 valence electrons. The van der Waals surface area contributed by atoms with Gasteiger partial charge in [0.2, 0.25) is 0 Å². The van der Waals surface area contributed by atoms with Gasteiger partial charge in [0.25, 0.3) is 0 Å². The summed E-state index contributed by atoms with van der Waals surface area (Å²) in [5.41, 5.74) is 0. The van der Waals surface area contributed by atoms with E-state index in [1.54, 1.807) is 0 Å². The van der Waals surface area contributed by atoms with Gasteiger partial charge in [-0.1, -0.05) is 53.8 Å². The van der Waals surface area contributed by atoms with Crippen molar-refractivity contribution in [1.29, 1.82) is 0 Å². The molecule has 1 aliphatic heterocycles. The van der Waals surface area contributed by atoms with Crippen molar-refractivity contribution in [3.63, 3.8) is 0 Å². The molecule has 7 nitrogen and oxygen atoms in total. The summed E-state index contributed by atoms with van der Waals surface area (Å²) in [6.07, 6.45) is 1.62. The minimum atomic E-state index is -1.66. The largest absolute Gasteiger partial charge is 0.341 e. The molecule has 2 amide bonds. The number of hydrogen-bond acceptors (Lipinski definition) is 4. The molecule has 1 unspecified atom stereocenters. The minimum absolute atomic E-state index is 0.00695. The van der Waals surface area contributed by atoms with E-state index in [1.807, 2.05) is 11.0 Å². The second-order valence-electron chi connectivity index (χ2n) is 6.61. The van der Waals surface area contributed by atoms with E-state index < -0.39 is 8.07 Å². The zero-order valence-electron chi connectivity index (χ0n) is 13.5. The molecule has 0 radical (unpaired) electrons. The van der Waals surface area contributed by atoms with Gasteiger partial charge in [-0.05, 0) is 6.42 Å². The average Bonchev–Trinajstić information content (AvgIpc) is 3.24. The Morgan fingerprint density at radius 1 is 1.39 bits per heavy atom. The molecule has 0 spiro atoms. The molecule has 0 saturated carbocycles. The monoisotopic (exact) mass is 330 g/mol. The summed E-state index contributed by atoms with van der Waals surface area (Å²) < 4.78 is 0. The Kier molecular flexibility index (Phi) is 4.42. The van der Waals surface area contributed by atoms with Crippen LogP contribution in [0.2, 0.25) is 13.1 Å². The fraction of sp³-hybridized carbons (Fsp3) is 0.467. The van der Waals surface area contributed by atoms with Crippen LogP contribution in [0.4, 0.5) is 4.79 Å². The minimum Gasteiger partial charge on any atom is -0.341 e. The Morgan fingerprint density at radius 2 is 2.17 bits per heavy atom. The van der Waals surface area contributed by atoms with Crippen LogP contribution in [-0.2, 0) is 0 Å². The highest BCUT2D eigenvalue weighted by atomic mass is 28.3. The number of carbonyl (C=O) groups is 1. The Labute approximate surface area is 136 Å². The second kappa shape index (κ2) is 6.49. The molecule has 1 aromatic carbocycles. The number of hydrogen-bond donors (Lipinski definition) is 2. The Morgan fingerprint density at radius 3 is 2.87 bits per heavy atom. The molecule has 1 fully saturated rings. The maximum atomic E-state index is 12.4. The van der Waals surface area contributed by atoms with Gasteiger partial charge < -0.3 is 10.2 Å². The molecule has 2 N–H and O–H groups in total. The van der Waals surface area contributed by atoms with Gasteiger partial charge in [0.15, 0.2) is 5.82 Å². The van der Waals surface area contributed by atoms with Crippen molar-refractivity contribution in [3.8, 4) is 0 Å². The molecule has 1 atom stereocenters. The van der Waals surface area contributed by atoms with E-state index in [4.69, 9.17) is 0 Å². The van der Waals surface area contributed by atoms with Crippen molar-refractivity contribution in [2.75, 3.05) is 19.3 Å². The van der Waals surface area contributed by atoms with Crippen LogP contribution < -0.4 is 10.5 Å². The molecule has 0 aliphatic carbocycles. The molecule has 1 saturated heterocycles. The van der Waals surface area contributed by atoms with Crippen molar-refractivity contribution in [2.24, 2.45) is 0 Å². The molecule has 2 heterocycles. The van der Waals surface area contributed by atoms with Gasteiger partial charge >= 0.3 is 6.03 Å². The molecule has 0 bridgehead atoms. The smallest absolute Gasteiger partial charge is 0.317 e. The van der Waals surface area contributed by atoms with Crippen LogP contribution in [0.5, 0.6) is 0 Å². The number of aromatic nitrogens is 4. The van der Waals surface area contributed by atoms with Crippen LogP contribution >= 0.6 is 0 Å². The Bertz CT molecular complexity index is 645. The SMILES string of the molecule is C[Si](C)(CNC(=O)N1CCC(c2nn[nH]n2)C1)c1ccccc1. The quantitative estimate of drug-likeness (QED) is 0.814. The van der Waals surface area contributed by atoms with Crippen LogP contribution in [0, 0.1) is 0 Å². The van der Waals surface area contributed by atoms with Gasteiger partial charge in [-0.2, -0.15) is 5.21 Å². The first-order chi connectivity index (χ1) is 11.1. The van der Waals surface area contributed by atoms with Crippen molar-refractivity contribution in [2.45, 2.75) is 25.4 Å². The first-order valence-corrected chi connectivity index (χ1v) is 11.1. The lowest BCUT2D eigenvalue weighted by molar-refractivity contribution is 0.209. The fourth-order valence-electron chi connectivity index (χ4n) is 2.90. The Balaban J connectivity index is 1.54. The highest BCUT2D eigenvalue weighted by molar-refractivity contribution is 6.90. The van der Waals surface area contributed by atoms with Gasteiger partial charge in [-0.25, -0.2) is 4.79 Å². The second-order valence-corrected chi connectivity index (χ2v) is 11.3. The molecular weight excluding hydrogens is 308 g/mol. The lowest BCUT2D eigenvalue weighted by atomic mass is 10.1. The first-order valence-electron chi connectivity index (χ1n) is 7.88. The van der Waals surface area contributed by atoms with E-state index >= 15 is 0 Å². The van der Waals surface area contributed by atoms with Crippen LogP contribution in [0.25, 0.3) is 0 Å². The van der Waals surface area contributed by atoms with Crippen molar-refractivity contribution < 1.29 is 4.79 Å². The van der Waals surface area contributed by atoms with E-state index in [9.17, 15) is 4.79 Å². The van der Waals surface area contributed by atoms with E-state index in [2.05, 4.69) is 63.3 Å². The van der Waals surface area contributed by atoms with Crippen molar-refractivity contribution >= 4 is 19.3 Å². The van der Waals surface area contributed by atoms with E-state index in [1.165, 1.54) is 5.19 Å². The molecule has 1 aromatic heterocycles.